The Balaban J connectivity index is 1.89. The Kier molecular flexibility index (Phi) is 4.47. The molecule has 2 fully saturated rings. The molecule has 0 aromatic carbocycles. The van der Waals surface area contributed by atoms with Gasteiger partial charge in [0.25, 0.3) is 10.2 Å². The highest BCUT2D eigenvalue weighted by Gasteiger charge is 2.34. The van der Waals surface area contributed by atoms with Crippen molar-refractivity contribution in [2.24, 2.45) is 11.8 Å². The third-order valence-corrected chi connectivity index (χ3v) is 5.86. The summed E-state index contributed by atoms with van der Waals surface area (Å²) in [5.41, 5.74) is 0. The second-order valence-corrected chi connectivity index (χ2v) is 7.45. The summed E-state index contributed by atoms with van der Waals surface area (Å²) >= 11 is 0. The first kappa shape index (κ1) is 14.7. The molecule has 0 aromatic heterocycles. The molecule has 110 valence electrons. The Labute approximate surface area is 114 Å². The van der Waals surface area contributed by atoms with Crippen LogP contribution in [-0.2, 0) is 15.0 Å². The molecule has 1 saturated heterocycles. The molecule has 2 atom stereocenters. The second kappa shape index (κ2) is 5.76. The number of carboxylic acid groups (broad SMARTS) is 1. The summed E-state index contributed by atoms with van der Waals surface area (Å²) in [6.45, 7) is 3.25. The van der Waals surface area contributed by atoms with Gasteiger partial charge in [-0.1, -0.05) is 6.92 Å². The van der Waals surface area contributed by atoms with Crippen LogP contribution in [0.25, 0.3) is 0 Å². The maximum Gasteiger partial charge on any atom is 0.306 e. The summed E-state index contributed by atoms with van der Waals surface area (Å²) in [6.07, 6.45) is 3.35. The number of carboxylic acids is 1. The molecule has 0 spiro atoms. The average molecular weight is 290 g/mol. The normalized spacial score (nSPS) is 30.6. The minimum Gasteiger partial charge on any atom is -0.481 e. The van der Waals surface area contributed by atoms with Crippen molar-refractivity contribution in [3.8, 4) is 0 Å². The highest BCUT2D eigenvalue weighted by Crippen LogP contribution is 2.27. The lowest BCUT2D eigenvalue weighted by molar-refractivity contribution is -0.141. The van der Waals surface area contributed by atoms with Crippen LogP contribution >= 0.6 is 0 Å². The lowest BCUT2D eigenvalue weighted by Crippen LogP contribution is -2.47. The predicted molar refractivity (Wildman–Crippen MR) is 70.8 cm³/mol. The van der Waals surface area contributed by atoms with Gasteiger partial charge in [0.15, 0.2) is 0 Å². The van der Waals surface area contributed by atoms with E-state index >= 15 is 0 Å². The fourth-order valence-electron chi connectivity index (χ4n) is 2.82. The number of nitrogens with one attached hydrogen (secondary N) is 1. The quantitative estimate of drug-likeness (QED) is 0.802. The Hall–Kier alpha value is -0.660. The molecule has 0 aromatic rings. The maximum atomic E-state index is 12.2. The summed E-state index contributed by atoms with van der Waals surface area (Å²) < 4.78 is 28.5. The van der Waals surface area contributed by atoms with Gasteiger partial charge in [0.2, 0.25) is 0 Å². The topological polar surface area (TPSA) is 86.7 Å². The molecule has 2 N–H and O–H groups in total. The maximum absolute atomic E-state index is 12.2. The van der Waals surface area contributed by atoms with Crippen molar-refractivity contribution in [1.29, 1.82) is 0 Å². The van der Waals surface area contributed by atoms with Crippen LogP contribution in [0.15, 0.2) is 0 Å². The van der Waals surface area contributed by atoms with Crippen LogP contribution in [0.5, 0.6) is 0 Å². The van der Waals surface area contributed by atoms with E-state index in [1.54, 1.807) is 0 Å². The van der Waals surface area contributed by atoms with Gasteiger partial charge in [0, 0.05) is 19.1 Å². The summed E-state index contributed by atoms with van der Waals surface area (Å²) in [7, 11) is -3.45. The second-order valence-electron chi connectivity index (χ2n) is 5.75. The zero-order valence-corrected chi connectivity index (χ0v) is 12.0. The minimum absolute atomic E-state index is 0.231. The van der Waals surface area contributed by atoms with E-state index in [4.69, 9.17) is 5.11 Å². The number of piperidine rings is 1. The lowest BCUT2D eigenvalue weighted by atomic mass is 10.0. The Morgan fingerprint density at radius 2 is 1.84 bits per heavy atom. The molecule has 1 heterocycles. The Morgan fingerprint density at radius 3 is 2.37 bits per heavy atom. The molecule has 1 aliphatic carbocycles. The van der Waals surface area contributed by atoms with Gasteiger partial charge in [-0.25, -0.2) is 0 Å². The number of aliphatic carboxylic acids is 1. The molecule has 6 nitrogen and oxygen atoms in total. The van der Waals surface area contributed by atoms with E-state index in [2.05, 4.69) is 11.6 Å². The van der Waals surface area contributed by atoms with Gasteiger partial charge in [-0.3, -0.25) is 4.79 Å². The van der Waals surface area contributed by atoms with Crippen LogP contribution in [0.1, 0.15) is 39.0 Å². The standard InChI is InChI=1S/C12H22N2O4S/c1-9-4-6-14(7-5-9)19(17,18)13-11-3-2-10(8-11)12(15)16/h9-11,13H,2-8H2,1H3,(H,15,16)/t10-,11+/m1/s1. The van der Waals surface area contributed by atoms with Crippen LogP contribution in [0.2, 0.25) is 0 Å². The summed E-state index contributed by atoms with van der Waals surface area (Å²) in [5, 5.41) is 8.92. The first-order valence-electron chi connectivity index (χ1n) is 6.88. The van der Waals surface area contributed by atoms with Crippen molar-refractivity contribution in [3.63, 3.8) is 0 Å². The summed E-state index contributed by atoms with van der Waals surface area (Å²) in [4.78, 5) is 10.9. The van der Waals surface area contributed by atoms with Gasteiger partial charge in [-0.15, -0.1) is 0 Å². The number of nitrogens with zero attached hydrogens (tertiary/aromatic N) is 1. The molecule has 1 aliphatic heterocycles. The molecule has 0 radical (unpaired) electrons. The van der Waals surface area contributed by atoms with Crippen LogP contribution in [-0.4, -0.2) is 42.9 Å². The molecule has 19 heavy (non-hydrogen) atoms. The van der Waals surface area contributed by atoms with Gasteiger partial charge in [-0.05, 0) is 38.0 Å². The largest absolute Gasteiger partial charge is 0.481 e. The monoisotopic (exact) mass is 290 g/mol. The minimum atomic E-state index is -3.45. The van der Waals surface area contributed by atoms with Crippen LogP contribution in [0.3, 0.4) is 0 Å². The average Bonchev–Trinajstić information content (AvgIpc) is 2.77. The molecule has 2 rings (SSSR count). The number of hydrogen-bond donors (Lipinski definition) is 2. The molecule has 0 bridgehead atoms. The van der Waals surface area contributed by atoms with Gasteiger partial charge in [0.05, 0.1) is 5.92 Å². The number of rotatable bonds is 4. The van der Waals surface area contributed by atoms with Crippen LogP contribution in [0, 0.1) is 11.8 Å². The van der Waals surface area contributed by atoms with Crippen molar-refractivity contribution >= 4 is 16.2 Å². The molecule has 2 aliphatic rings. The number of hydrogen-bond acceptors (Lipinski definition) is 3. The van der Waals surface area contributed by atoms with Gasteiger partial charge < -0.3 is 5.11 Å². The van der Waals surface area contributed by atoms with Crippen molar-refractivity contribution in [3.05, 3.63) is 0 Å². The smallest absolute Gasteiger partial charge is 0.306 e. The van der Waals surface area contributed by atoms with Crippen LogP contribution in [0.4, 0.5) is 0 Å². The Bertz CT molecular complexity index is 429. The van der Waals surface area contributed by atoms with Crippen LogP contribution < -0.4 is 4.72 Å². The first-order valence-corrected chi connectivity index (χ1v) is 8.32. The summed E-state index contributed by atoms with van der Waals surface area (Å²) in [5.74, 6) is -0.656. The molecular weight excluding hydrogens is 268 g/mol. The molecule has 1 saturated carbocycles. The van der Waals surface area contributed by atoms with Gasteiger partial charge in [-0.2, -0.15) is 17.4 Å². The fraction of sp³-hybridized carbons (Fsp3) is 0.917. The Morgan fingerprint density at radius 1 is 1.21 bits per heavy atom. The number of carbonyl (C=O) groups is 1. The van der Waals surface area contributed by atoms with Gasteiger partial charge in [0.1, 0.15) is 0 Å². The van der Waals surface area contributed by atoms with Crippen molar-refractivity contribution in [1.82, 2.24) is 9.03 Å². The molecular formula is C12H22N2O4S. The highest BCUT2D eigenvalue weighted by molar-refractivity contribution is 7.87. The SMILES string of the molecule is CC1CCN(S(=O)(=O)N[C@H]2CC[C@@H](C(=O)O)C2)CC1. The third kappa shape index (κ3) is 3.67. The third-order valence-electron chi connectivity index (χ3n) is 4.18. The highest BCUT2D eigenvalue weighted by atomic mass is 32.2. The zero-order chi connectivity index (χ0) is 14.0. The van der Waals surface area contributed by atoms with E-state index < -0.39 is 22.1 Å². The fourth-order valence-corrected chi connectivity index (χ4v) is 4.30. The predicted octanol–water partition coefficient (Wildman–Crippen LogP) is 0.806. The molecule has 0 amide bonds. The van der Waals surface area contributed by atoms with E-state index in [-0.39, 0.29) is 6.04 Å². The van der Waals surface area contributed by atoms with E-state index in [1.807, 2.05) is 0 Å². The molecule has 0 unspecified atom stereocenters. The van der Waals surface area contributed by atoms with E-state index in [0.29, 0.717) is 38.3 Å². The summed E-state index contributed by atoms with van der Waals surface area (Å²) in [6, 6.07) is -0.231. The van der Waals surface area contributed by atoms with E-state index in [1.165, 1.54) is 4.31 Å². The molecule has 7 heteroatoms. The van der Waals surface area contributed by atoms with Crippen molar-refractivity contribution in [2.75, 3.05) is 13.1 Å². The van der Waals surface area contributed by atoms with E-state index in [0.717, 1.165) is 12.8 Å². The first-order chi connectivity index (χ1) is 8.88. The van der Waals surface area contributed by atoms with E-state index in [9.17, 15) is 13.2 Å². The van der Waals surface area contributed by atoms with Gasteiger partial charge >= 0.3 is 5.97 Å². The van der Waals surface area contributed by atoms with Crippen molar-refractivity contribution < 1.29 is 18.3 Å². The zero-order valence-electron chi connectivity index (χ0n) is 11.2. The lowest BCUT2D eigenvalue weighted by Gasteiger charge is -2.30. The van der Waals surface area contributed by atoms with Crippen molar-refractivity contribution in [2.45, 2.75) is 45.1 Å².